The molecule has 3 fully saturated rings. The summed E-state index contributed by atoms with van der Waals surface area (Å²) in [6.45, 7) is 11.5. The molecule has 3 aliphatic heterocycles. The number of ether oxygens (including phenoxy) is 3. The molecule has 0 bridgehead atoms. The van der Waals surface area contributed by atoms with E-state index in [2.05, 4.69) is 63.5 Å². The largest absolute Gasteiger partial charge is 0.506 e. The Morgan fingerprint density at radius 3 is 2.57 bits per heavy atom. The lowest BCUT2D eigenvalue weighted by molar-refractivity contribution is -0.176. The van der Waals surface area contributed by atoms with Crippen LogP contribution in [0, 0.1) is 0 Å². The number of hydrogen-bond acceptors (Lipinski definition) is 11. The van der Waals surface area contributed by atoms with E-state index in [-0.39, 0.29) is 41.7 Å². The van der Waals surface area contributed by atoms with Gasteiger partial charge in [-0.2, -0.15) is 0 Å². The van der Waals surface area contributed by atoms with Crippen LogP contribution < -0.4 is 15.4 Å². The number of aromatic nitrogens is 1. The van der Waals surface area contributed by atoms with Crippen molar-refractivity contribution < 1.29 is 33.7 Å². The number of morpholine rings is 1. The van der Waals surface area contributed by atoms with Gasteiger partial charge in [0.15, 0.2) is 12.4 Å². The predicted molar refractivity (Wildman–Crippen MR) is 224 cm³/mol. The Morgan fingerprint density at radius 2 is 1.81 bits per heavy atom. The predicted octanol–water partition coefficient (Wildman–Crippen LogP) is 5.02. The zero-order valence-corrected chi connectivity index (χ0v) is 35.0. The number of benzene rings is 2. The van der Waals surface area contributed by atoms with Crippen LogP contribution in [0.3, 0.4) is 0 Å². The zero-order valence-electron chi connectivity index (χ0n) is 34.1. The number of amides is 3. The highest BCUT2D eigenvalue weighted by Crippen LogP contribution is 2.39. The number of carbonyl (C=O) groups is 3. The minimum absolute atomic E-state index is 0.00393. The van der Waals surface area contributed by atoms with Crippen molar-refractivity contribution in [3.05, 3.63) is 69.2 Å². The van der Waals surface area contributed by atoms with E-state index in [1.165, 1.54) is 17.5 Å². The van der Waals surface area contributed by atoms with E-state index in [4.69, 9.17) is 14.2 Å². The molecule has 1 aliphatic carbocycles. The minimum Gasteiger partial charge on any atom is -0.506 e. The van der Waals surface area contributed by atoms with Crippen LogP contribution in [0.1, 0.15) is 90.5 Å². The summed E-state index contributed by atoms with van der Waals surface area (Å²) in [5.74, 6) is 0.726. The van der Waals surface area contributed by atoms with E-state index in [1.807, 2.05) is 16.3 Å². The molecule has 1 saturated carbocycles. The van der Waals surface area contributed by atoms with Gasteiger partial charge in [0.1, 0.15) is 22.7 Å². The summed E-state index contributed by atoms with van der Waals surface area (Å²) in [4.78, 5) is 49.3. The number of nitrogens with zero attached hydrogens (tertiary/aromatic N) is 4. The monoisotopic (exact) mass is 816 g/mol. The maximum atomic E-state index is 13.5. The first-order valence-corrected chi connectivity index (χ1v) is 22.1. The average Bonchev–Trinajstić information content (AvgIpc) is 3.73. The average molecular weight is 817 g/mol. The molecular weight excluding hydrogens is 757 g/mol. The van der Waals surface area contributed by atoms with Crippen molar-refractivity contribution >= 4 is 34.7 Å². The van der Waals surface area contributed by atoms with Crippen molar-refractivity contribution in [2.45, 2.75) is 89.2 Å². The van der Waals surface area contributed by atoms with Crippen LogP contribution in [0.5, 0.6) is 11.5 Å². The number of carbonyl (C=O) groups excluding carboxylic acids is 3. The first kappa shape index (κ1) is 42.1. The molecular formula is C44H60N6O7S. The quantitative estimate of drug-likeness (QED) is 0.118. The van der Waals surface area contributed by atoms with E-state index in [0.717, 1.165) is 68.7 Å². The Hall–Kier alpha value is -4.08. The maximum Gasteiger partial charge on any atom is 0.273 e. The number of anilines is 1. The van der Waals surface area contributed by atoms with Crippen molar-refractivity contribution in [3.8, 4) is 11.5 Å². The number of thiazole rings is 1. The molecule has 1 aromatic heterocycles. The van der Waals surface area contributed by atoms with Crippen molar-refractivity contribution in [1.29, 1.82) is 0 Å². The van der Waals surface area contributed by atoms with Crippen LogP contribution in [0.15, 0.2) is 41.8 Å². The summed E-state index contributed by atoms with van der Waals surface area (Å²) in [5, 5.41) is 19.2. The summed E-state index contributed by atoms with van der Waals surface area (Å²) in [6, 6.07) is 12.4. The first-order valence-electron chi connectivity index (χ1n) is 21.2. The van der Waals surface area contributed by atoms with Crippen LogP contribution in [0.25, 0.3) is 0 Å². The highest BCUT2D eigenvalue weighted by molar-refractivity contribution is 7.09. The second-order valence-electron chi connectivity index (χ2n) is 16.5. The fourth-order valence-electron chi connectivity index (χ4n) is 8.57. The molecule has 14 heteroatoms. The van der Waals surface area contributed by atoms with Crippen molar-refractivity contribution in [3.63, 3.8) is 0 Å². The van der Waals surface area contributed by atoms with Gasteiger partial charge >= 0.3 is 0 Å². The molecule has 314 valence electrons. The summed E-state index contributed by atoms with van der Waals surface area (Å²) >= 11 is 1.56. The SMILES string of the molecule is CC(C)c1nc(C(=O)N2CCOC3(CN(CCc4ccc(CCOCCC(=O)N(CCNCCc5ccc(O)c6c5OCC(=O)N6)C5CCCCC5)cc4)C3)C2)cs1. The second-order valence-corrected chi connectivity index (χ2v) is 17.4. The standard InChI is InChI=1S/C44H60N6O7S/c1-31(2)42-46-36(27-58-42)43(54)49-22-25-57-44(30-49)28-48(29-44)20-15-32-8-10-33(11-9-32)16-23-55-24-17-39(53)50(35-6-4-3-5-7-35)21-19-45-18-14-34-12-13-37(51)40-41(34)56-26-38(52)47-40/h8-13,27,31,35,45,51H,3-7,14-26,28-30H2,1-2H3,(H,47,52). The molecule has 13 nitrogen and oxygen atoms in total. The topological polar surface area (TPSA) is 146 Å². The van der Waals surface area contributed by atoms with E-state index < -0.39 is 0 Å². The zero-order chi connectivity index (χ0) is 40.5. The molecule has 3 aromatic rings. The summed E-state index contributed by atoms with van der Waals surface area (Å²) < 4.78 is 17.8. The number of fused-ring (bicyclic) bond motifs is 1. The Kier molecular flexibility index (Phi) is 14.3. The fraction of sp³-hybridized carbons (Fsp3) is 0.591. The molecule has 2 aromatic carbocycles. The van der Waals surface area contributed by atoms with Gasteiger partial charge in [0, 0.05) is 56.6 Å². The van der Waals surface area contributed by atoms with Crippen molar-refractivity contribution in [2.24, 2.45) is 0 Å². The molecule has 0 atom stereocenters. The molecule has 2 saturated heterocycles. The van der Waals surface area contributed by atoms with Gasteiger partial charge in [-0.25, -0.2) is 4.98 Å². The Balaban J connectivity index is 0.777. The van der Waals surface area contributed by atoms with Crippen LogP contribution in [-0.2, 0) is 38.3 Å². The Morgan fingerprint density at radius 1 is 1.03 bits per heavy atom. The number of rotatable bonds is 18. The lowest BCUT2D eigenvalue weighted by Crippen LogP contribution is -2.70. The molecule has 1 spiro atoms. The number of phenols is 1. The van der Waals surface area contributed by atoms with Crippen LogP contribution in [0.4, 0.5) is 5.69 Å². The fourth-order valence-corrected chi connectivity index (χ4v) is 9.38. The number of nitrogens with one attached hydrogen (secondary N) is 2. The highest BCUT2D eigenvalue weighted by Gasteiger charge is 2.48. The molecule has 0 radical (unpaired) electrons. The maximum absolute atomic E-state index is 13.5. The van der Waals surface area contributed by atoms with Crippen molar-refractivity contribution in [1.82, 2.24) is 25.0 Å². The van der Waals surface area contributed by atoms with Gasteiger partial charge in [-0.15, -0.1) is 11.3 Å². The van der Waals surface area contributed by atoms with E-state index in [0.29, 0.717) is 88.4 Å². The van der Waals surface area contributed by atoms with Gasteiger partial charge in [-0.3, -0.25) is 19.3 Å². The van der Waals surface area contributed by atoms with Crippen molar-refractivity contribution in [2.75, 3.05) is 84.1 Å². The molecule has 7 rings (SSSR count). The van der Waals surface area contributed by atoms with Gasteiger partial charge in [0.25, 0.3) is 11.8 Å². The number of likely N-dealkylation sites (tertiary alicyclic amines) is 1. The smallest absolute Gasteiger partial charge is 0.273 e. The number of hydrogen-bond donors (Lipinski definition) is 3. The lowest BCUT2D eigenvalue weighted by atomic mass is 9.91. The lowest BCUT2D eigenvalue weighted by Gasteiger charge is -2.54. The molecule has 3 N–H and O–H groups in total. The van der Waals surface area contributed by atoms with Gasteiger partial charge in [0.05, 0.1) is 37.8 Å². The van der Waals surface area contributed by atoms with Crippen LogP contribution in [0.2, 0.25) is 0 Å². The molecule has 4 aliphatic rings. The summed E-state index contributed by atoms with van der Waals surface area (Å²) in [5.41, 5.74) is 4.04. The third-order valence-corrected chi connectivity index (χ3v) is 12.9. The Bertz CT molecular complexity index is 1860. The van der Waals surface area contributed by atoms with Gasteiger partial charge < -0.3 is 39.8 Å². The second kappa shape index (κ2) is 19.8. The first-order chi connectivity index (χ1) is 28.2. The molecule has 0 unspecified atom stereocenters. The number of phenolic OH excluding ortho intramolecular Hbond substituents is 1. The third kappa shape index (κ3) is 10.7. The minimum atomic E-state index is -0.280. The van der Waals surface area contributed by atoms with Crippen LogP contribution >= 0.6 is 11.3 Å². The van der Waals surface area contributed by atoms with Gasteiger partial charge in [-0.1, -0.05) is 63.4 Å². The van der Waals surface area contributed by atoms with Gasteiger partial charge in [-0.05, 0) is 61.4 Å². The third-order valence-electron chi connectivity index (χ3n) is 11.8. The highest BCUT2D eigenvalue weighted by atomic mass is 32.1. The van der Waals surface area contributed by atoms with E-state index in [9.17, 15) is 19.5 Å². The molecule has 58 heavy (non-hydrogen) atoms. The number of aromatic hydroxyl groups is 1. The summed E-state index contributed by atoms with van der Waals surface area (Å²) in [6.07, 6.45) is 8.44. The Labute approximate surface area is 346 Å². The van der Waals surface area contributed by atoms with Gasteiger partial charge in [0.2, 0.25) is 5.91 Å². The summed E-state index contributed by atoms with van der Waals surface area (Å²) in [7, 11) is 0. The van der Waals surface area contributed by atoms with E-state index in [1.54, 1.807) is 17.4 Å². The van der Waals surface area contributed by atoms with Crippen LogP contribution in [-0.4, -0.2) is 133 Å². The normalized spacial score (nSPS) is 18.1. The molecule has 4 heterocycles. The van der Waals surface area contributed by atoms with E-state index >= 15 is 0 Å². The molecule has 3 amide bonds.